The van der Waals surface area contributed by atoms with Crippen LogP contribution in [-0.2, 0) is 9.53 Å². The van der Waals surface area contributed by atoms with E-state index in [9.17, 15) is 14.7 Å². The Labute approximate surface area is 119 Å². The maximum absolute atomic E-state index is 12.2. The Morgan fingerprint density at radius 3 is 2.70 bits per heavy atom. The Morgan fingerprint density at radius 1 is 1.40 bits per heavy atom. The van der Waals surface area contributed by atoms with E-state index >= 15 is 0 Å². The number of carboxylic acids is 1. The molecule has 112 valence electrons. The van der Waals surface area contributed by atoms with Gasteiger partial charge in [-0.15, -0.1) is 0 Å². The maximum Gasteiger partial charge on any atom is 0.411 e. The van der Waals surface area contributed by atoms with Gasteiger partial charge in [0.15, 0.2) is 0 Å². The van der Waals surface area contributed by atoms with Gasteiger partial charge in [-0.25, -0.2) is 9.59 Å². The molecule has 2 atom stereocenters. The van der Waals surface area contributed by atoms with Gasteiger partial charge in [-0.1, -0.05) is 11.6 Å². The minimum absolute atomic E-state index is 0.309. The molecule has 1 amide bonds. The highest BCUT2D eigenvalue weighted by Gasteiger charge is 2.40. The van der Waals surface area contributed by atoms with Crippen molar-refractivity contribution >= 4 is 12.1 Å². The number of hydrogen-bond donors (Lipinski definition) is 1. The highest BCUT2D eigenvalue weighted by atomic mass is 16.6. The summed E-state index contributed by atoms with van der Waals surface area (Å²) in [5.41, 5.74) is 0.581. The summed E-state index contributed by atoms with van der Waals surface area (Å²) in [5.74, 6) is -0.635. The van der Waals surface area contributed by atoms with E-state index in [-0.39, 0.29) is 0 Å². The Morgan fingerprint density at radius 2 is 2.10 bits per heavy atom. The van der Waals surface area contributed by atoms with E-state index < -0.39 is 23.7 Å². The fourth-order valence-electron chi connectivity index (χ4n) is 2.92. The van der Waals surface area contributed by atoms with E-state index in [0.29, 0.717) is 18.9 Å². The smallest absolute Gasteiger partial charge is 0.411 e. The lowest BCUT2D eigenvalue weighted by atomic mass is 9.79. The number of carbonyl (C=O) groups is 2. The molecular formula is C15H23NO4. The molecule has 1 aliphatic heterocycles. The van der Waals surface area contributed by atoms with Crippen molar-refractivity contribution in [2.24, 2.45) is 5.92 Å². The molecule has 0 aromatic heterocycles. The van der Waals surface area contributed by atoms with Crippen molar-refractivity contribution < 1.29 is 19.4 Å². The summed E-state index contributed by atoms with van der Waals surface area (Å²) in [4.78, 5) is 25.0. The molecule has 5 nitrogen and oxygen atoms in total. The lowest BCUT2D eigenvalue weighted by Crippen LogP contribution is -2.52. The summed E-state index contributed by atoms with van der Waals surface area (Å²) in [7, 11) is 0. The van der Waals surface area contributed by atoms with Gasteiger partial charge in [0.25, 0.3) is 0 Å². The first-order valence-corrected chi connectivity index (χ1v) is 7.19. The largest absolute Gasteiger partial charge is 0.480 e. The number of rotatable bonds is 1. The summed E-state index contributed by atoms with van der Waals surface area (Å²) < 4.78 is 5.33. The summed E-state index contributed by atoms with van der Waals surface area (Å²) in [6.45, 7) is 5.74. The highest BCUT2D eigenvalue weighted by Crippen LogP contribution is 2.35. The molecule has 0 bridgehead atoms. The fraction of sp³-hybridized carbons (Fsp3) is 0.733. The number of carbonyl (C=O) groups excluding carboxylic acids is 1. The highest BCUT2D eigenvalue weighted by molar-refractivity contribution is 5.81. The molecule has 2 rings (SSSR count). The molecule has 2 unspecified atom stereocenters. The van der Waals surface area contributed by atoms with Crippen LogP contribution in [0.15, 0.2) is 11.6 Å². The molecular weight excluding hydrogens is 258 g/mol. The number of aliphatic carboxylic acids is 1. The zero-order chi connectivity index (χ0) is 14.9. The quantitative estimate of drug-likeness (QED) is 0.750. The number of amides is 1. The molecule has 1 heterocycles. The first-order valence-electron chi connectivity index (χ1n) is 7.19. The van der Waals surface area contributed by atoms with E-state index in [4.69, 9.17) is 4.74 Å². The van der Waals surface area contributed by atoms with Crippen LogP contribution in [0, 0.1) is 5.92 Å². The molecule has 2 aliphatic rings. The second-order valence-corrected chi connectivity index (χ2v) is 6.60. The molecule has 20 heavy (non-hydrogen) atoms. The van der Waals surface area contributed by atoms with Crippen LogP contribution in [0.5, 0.6) is 0 Å². The third-order valence-corrected chi connectivity index (χ3v) is 3.84. The van der Waals surface area contributed by atoms with Crippen LogP contribution < -0.4 is 0 Å². The van der Waals surface area contributed by atoms with Crippen LogP contribution in [0.25, 0.3) is 0 Å². The summed E-state index contributed by atoms with van der Waals surface area (Å²) in [6, 6.07) is -0.773. The average Bonchev–Trinajstić information content (AvgIpc) is 2.35. The molecule has 1 N–H and O–H groups in total. The van der Waals surface area contributed by atoms with Crippen LogP contribution in [0.1, 0.15) is 46.5 Å². The molecule has 0 aromatic carbocycles. The van der Waals surface area contributed by atoms with Crippen LogP contribution in [0.3, 0.4) is 0 Å². The number of carboxylic acid groups (broad SMARTS) is 1. The van der Waals surface area contributed by atoms with Gasteiger partial charge in [0.2, 0.25) is 0 Å². The number of hydrogen-bond acceptors (Lipinski definition) is 3. The fourth-order valence-corrected chi connectivity index (χ4v) is 2.92. The van der Waals surface area contributed by atoms with Crippen molar-refractivity contribution in [1.82, 2.24) is 4.90 Å². The van der Waals surface area contributed by atoms with Gasteiger partial charge in [-0.3, -0.25) is 4.90 Å². The van der Waals surface area contributed by atoms with Gasteiger partial charge < -0.3 is 9.84 Å². The first-order chi connectivity index (χ1) is 9.28. The molecule has 0 saturated carbocycles. The topological polar surface area (TPSA) is 66.8 Å². The van der Waals surface area contributed by atoms with Crippen molar-refractivity contribution in [3.8, 4) is 0 Å². The van der Waals surface area contributed by atoms with Crippen molar-refractivity contribution in [1.29, 1.82) is 0 Å². The Kier molecular flexibility index (Phi) is 4.06. The third-order valence-electron chi connectivity index (χ3n) is 3.84. The Bertz CT molecular complexity index is 436. The van der Waals surface area contributed by atoms with Crippen LogP contribution in [-0.4, -0.2) is 40.3 Å². The van der Waals surface area contributed by atoms with E-state index in [2.05, 4.69) is 6.08 Å². The summed E-state index contributed by atoms with van der Waals surface area (Å²) in [6.07, 6.45) is 5.27. The maximum atomic E-state index is 12.2. The van der Waals surface area contributed by atoms with Crippen LogP contribution in [0.2, 0.25) is 0 Å². The monoisotopic (exact) mass is 281 g/mol. The van der Waals surface area contributed by atoms with E-state index in [1.54, 1.807) is 20.8 Å². The molecule has 1 saturated heterocycles. The van der Waals surface area contributed by atoms with Gasteiger partial charge >= 0.3 is 12.1 Å². The van der Waals surface area contributed by atoms with E-state index in [0.717, 1.165) is 19.3 Å². The average molecular weight is 281 g/mol. The molecule has 1 fully saturated rings. The van der Waals surface area contributed by atoms with E-state index in [1.165, 1.54) is 10.5 Å². The van der Waals surface area contributed by atoms with Gasteiger partial charge in [0.1, 0.15) is 11.6 Å². The predicted octanol–water partition coefficient (Wildman–Crippen LogP) is 2.81. The van der Waals surface area contributed by atoms with Crippen LogP contribution in [0.4, 0.5) is 4.79 Å². The number of nitrogens with zero attached hydrogens (tertiary/aromatic N) is 1. The number of fused-ring (bicyclic) bond motifs is 1. The second-order valence-electron chi connectivity index (χ2n) is 6.60. The van der Waals surface area contributed by atoms with Gasteiger partial charge in [0, 0.05) is 6.54 Å². The van der Waals surface area contributed by atoms with Crippen molar-refractivity contribution in [2.45, 2.75) is 58.1 Å². The van der Waals surface area contributed by atoms with Gasteiger partial charge in [-0.2, -0.15) is 0 Å². The van der Waals surface area contributed by atoms with Crippen molar-refractivity contribution in [3.63, 3.8) is 0 Å². The van der Waals surface area contributed by atoms with E-state index in [1.807, 2.05) is 0 Å². The SMILES string of the molecule is CC(C)(C)OC(=O)N1CC2=CCCCC2CC1C(=O)O. The van der Waals surface area contributed by atoms with Crippen LogP contribution >= 0.6 is 0 Å². The Balaban J connectivity index is 2.17. The molecule has 0 aromatic rings. The normalized spacial score (nSPS) is 26.6. The third kappa shape index (κ3) is 3.32. The Hall–Kier alpha value is -1.52. The number of likely N-dealkylation sites (tertiary alicyclic amines) is 1. The lowest BCUT2D eigenvalue weighted by Gasteiger charge is -2.40. The number of piperidine rings is 1. The zero-order valence-corrected chi connectivity index (χ0v) is 12.4. The van der Waals surface area contributed by atoms with Gasteiger partial charge in [0.05, 0.1) is 0 Å². The first kappa shape index (κ1) is 14.9. The van der Waals surface area contributed by atoms with Crippen molar-refractivity contribution in [3.05, 3.63) is 11.6 Å². The minimum atomic E-state index is -0.944. The minimum Gasteiger partial charge on any atom is -0.480 e. The number of allylic oxidation sites excluding steroid dienone is 1. The predicted molar refractivity (Wildman–Crippen MR) is 74.4 cm³/mol. The second kappa shape index (κ2) is 5.46. The molecule has 1 aliphatic carbocycles. The molecule has 0 spiro atoms. The molecule has 5 heteroatoms. The summed E-state index contributed by atoms with van der Waals surface area (Å²) in [5, 5.41) is 9.38. The molecule has 0 radical (unpaired) electrons. The van der Waals surface area contributed by atoms with Crippen molar-refractivity contribution in [2.75, 3.05) is 6.54 Å². The lowest BCUT2D eigenvalue weighted by molar-refractivity contribution is -0.144. The van der Waals surface area contributed by atoms with Gasteiger partial charge in [-0.05, 0) is 52.4 Å². The number of ether oxygens (including phenoxy) is 1. The zero-order valence-electron chi connectivity index (χ0n) is 12.4. The summed E-state index contributed by atoms with van der Waals surface area (Å²) >= 11 is 0. The standard InChI is InChI=1S/C15H23NO4/c1-15(2,3)20-14(19)16-9-11-7-5-4-6-10(11)8-12(16)13(17)18/h7,10,12H,4-6,8-9H2,1-3H3,(H,17,18).